The Balaban J connectivity index is 2.37. The molecule has 0 saturated carbocycles. The standard InChI is InChI=1S/C10H22N2O/c1-9(7-11-3)12-5-4-6-13-10(2)8-12/h9-11H,4-8H2,1-3H3. The number of nitrogens with zero attached hydrogens (tertiary/aromatic N) is 1. The van der Waals surface area contributed by atoms with E-state index in [0.29, 0.717) is 12.1 Å². The highest BCUT2D eigenvalue weighted by molar-refractivity contribution is 4.73. The smallest absolute Gasteiger partial charge is 0.0674 e. The molecule has 3 heteroatoms. The molecule has 1 saturated heterocycles. The molecule has 0 spiro atoms. The monoisotopic (exact) mass is 186 g/mol. The molecule has 0 amide bonds. The van der Waals surface area contributed by atoms with Crippen LogP contribution < -0.4 is 5.32 Å². The summed E-state index contributed by atoms with van der Waals surface area (Å²) in [6.07, 6.45) is 1.56. The van der Waals surface area contributed by atoms with E-state index in [1.165, 1.54) is 13.0 Å². The van der Waals surface area contributed by atoms with Crippen LogP contribution in [0.5, 0.6) is 0 Å². The van der Waals surface area contributed by atoms with E-state index in [2.05, 4.69) is 24.1 Å². The Hall–Kier alpha value is -0.120. The van der Waals surface area contributed by atoms with Crippen LogP contribution in [0, 0.1) is 0 Å². The van der Waals surface area contributed by atoms with E-state index < -0.39 is 0 Å². The summed E-state index contributed by atoms with van der Waals surface area (Å²) in [7, 11) is 2.01. The van der Waals surface area contributed by atoms with Gasteiger partial charge in [-0.1, -0.05) is 0 Å². The molecule has 0 radical (unpaired) electrons. The number of hydrogen-bond acceptors (Lipinski definition) is 3. The zero-order valence-corrected chi connectivity index (χ0v) is 9.05. The lowest BCUT2D eigenvalue weighted by Gasteiger charge is -2.28. The summed E-state index contributed by atoms with van der Waals surface area (Å²) in [5, 5.41) is 3.22. The molecule has 1 aliphatic heterocycles. The number of rotatable bonds is 3. The largest absolute Gasteiger partial charge is 0.377 e. The van der Waals surface area contributed by atoms with E-state index in [1.54, 1.807) is 0 Å². The van der Waals surface area contributed by atoms with Gasteiger partial charge in [0.05, 0.1) is 6.10 Å². The molecule has 0 aromatic rings. The molecule has 1 rings (SSSR count). The Morgan fingerprint density at radius 2 is 2.38 bits per heavy atom. The average Bonchev–Trinajstić information content (AvgIpc) is 2.30. The third kappa shape index (κ3) is 3.63. The van der Waals surface area contributed by atoms with Gasteiger partial charge in [0.25, 0.3) is 0 Å². The van der Waals surface area contributed by atoms with Gasteiger partial charge in [0.1, 0.15) is 0 Å². The summed E-state index contributed by atoms with van der Waals surface area (Å²) < 4.78 is 5.60. The van der Waals surface area contributed by atoms with Crippen LogP contribution in [0.4, 0.5) is 0 Å². The second-order valence-corrected chi connectivity index (χ2v) is 3.94. The Morgan fingerprint density at radius 1 is 1.62 bits per heavy atom. The zero-order valence-electron chi connectivity index (χ0n) is 9.05. The molecule has 78 valence electrons. The van der Waals surface area contributed by atoms with E-state index in [0.717, 1.165) is 19.7 Å². The first-order valence-electron chi connectivity index (χ1n) is 5.24. The number of likely N-dealkylation sites (N-methyl/N-ethyl adjacent to an activating group) is 1. The molecular weight excluding hydrogens is 164 g/mol. The van der Waals surface area contributed by atoms with E-state index in [1.807, 2.05) is 7.05 Å². The summed E-state index contributed by atoms with van der Waals surface area (Å²) >= 11 is 0. The van der Waals surface area contributed by atoms with E-state index >= 15 is 0 Å². The van der Waals surface area contributed by atoms with Crippen molar-refractivity contribution in [2.24, 2.45) is 0 Å². The third-order valence-corrected chi connectivity index (χ3v) is 2.61. The Morgan fingerprint density at radius 3 is 3.08 bits per heavy atom. The number of nitrogens with one attached hydrogen (secondary N) is 1. The molecule has 2 unspecified atom stereocenters. The van der Waals surface area contributed by atoms with Gasteiger partial charge < -0.3 is 10.1 Å². The van der Waals surface area contributed by atoms with Crippen LogP contribution >= 0.6 is 0 Å². The molecule has 0 aliphatic carbocycles. The lowest BCUT2D eigenvalue weighted by molar-refractivity contribution is 0.0621. The molecular formula is C10H22N2O. The first kappa shape index (κ1) is 11.0. The minimum Gasteiger partial charge on any atom is -0.377 e. The predicted molar refractivity (Wildman–Crippen MR) is 55.0 cm³/mol. The normalized spacial score (nSPS) is 28.4. The fourth-order valence-corrected chi connectivity index (χ4v) is 1.85. The summed E-state index contributed by atoms with van der Waals surface area (Å²) in [5.41, 5.74) is 0. The molecule has 0 aromatic heterocycles. The summed E-state index contributed by atoms with van der Waals surface area (Å²) in [4.78, 5) is 2.51. The van der Waals surface area contributed by atoms with Crippen molar-refractivity contribution < 1.29 is 4.74 Å². The lowest BCUT2D eigenvalue weighted by atomic mass is 10.2. The predicted octanol–water partition coefficient (Wildman–Crippen LogP) is 0.705. The van der Waals surface area contributed by atoms with Crippen molar-refractivity contribution in [2.45, 2.75) is 32.4 Å². The SMILES string of the molecule is CNCC(C)N1CCCOC(C)C1. The fourth-order valence-electron chi connectivity index (χ4n) is 1.85. The lowest BCUT2D eigenvalue weighted by Crippen LogP contribution is -2.42. The van der Waals surface area contributed by atoms with Gasteiger partial charge in [-0.2, -0.15) is 0 Å². The highest BCUT2D eigenvalue weighted by atomic mass is 16.5. The Labute approximate surface area is 81.4 Å². The Kier molecular flexibility index (Phi) is 4.70. The van der Waals surface area contributed by atoms with Gasteiger partial charge in [0.2, 0.25) is 0 Å². The maximum Gasteiger partial charge on any atom is 0.0674 e. The zero-order chi connectivity index (χ0) is 9.68. The van der Waals surface area contributed by atoms with E-state index in [9.17, 15) is 0 Å². The van der Waals surface area contributed by atoms with E-state index in [4.69, 9.17) is 4.74 Å². The fraction of sp³-hybridized carbons (Fsp3) is 1.00. The van der Waals surface area contributed by atoms with Gasteiger partial charge in [0.15, 0.2) is 0 Å². The average molecular weight is 186 g/mol. The van der Waals surface area contributed by atoms with Crippen LogP contribution in [-0.4, -0.2) is 50.3 Å². The summed E-state index contributed by atoms with van der Waals surface area (Å²) in [6, 6.07) is 0.620. The van der Waals surface area contributed by atoms with Crippen molar-refractivity contribution in [3.8, 4) is 0 Å². The van der Waals surface area contributed by atoms with Gasteiger partial charge >= 0.3 is 0 Å². The molecule has 1 aliphatic rings. The molecule has 0 bridgehead atoms. The van der Waals surface area contributed by atoms with Crippen LogP contribution in [0.3, 0.4) is 0 Å². The van der Waals surface area contributed by atoms with Crippen LogP contribution in [0.2, 0.25) is 0 Å². The van der Waals surface area contributed by atoms with Crippen molar-refractivity contribution in [3.63, 3.8) is 0 Å². The van der Waals surface area contributed by atoms with Crippen molar-refractivity contribution in [1.82, 2.24) is 10.2 Å². The van der Waals surface area contributed by atoms with Gasteiger partial charge in [-0.3, -0.25) is 4.90 Å². The molecule has 0 aromatic carbocycles. The van der Waals surface area contributed by atoms with Crippen LogP contribution in [0.15, 0.2) is 0 Å². The quantitative estimate of drug-likeness (QED) is 0.702. The minimum absolute atomic E-state index is 0.391. The second kappa shape index (κ2) is 5.58. The molecule has 1 fully saturated rings. The maximum atomic E-state index is 5.60. The molecule has 1 N–H and O–H groups in total. The first-order valence-corrected chi connectivity index (χ1v) is 5.24. The Bertz CT molecular complexity index is 141. The van der Waals surface area contributed by atoms with Crippen LogP contribution in [-0.2, 0) is 4.74 Å². The van der Waals surface area contributed by atoms with E-state index in [-0.39, 0.29) is 0 Å². The molecule has 13 heavy (non-hydrogen) atoms. The van der Waals surface area contributed by atoms with Gasteiger partial charge in [-0.05, 0) is 27.3 Å². The van der Waals surface area contributed by atoms with Gasteiger partial charge in [-0.25, -0.2) is 0 Å². The summed E-state index contributed by atoms with van der Waals surface area (Å²) in [6.45, 7) is 8.66. The van der Waals surface area contributed by atoms with Crippen molar-refractivity contribution in [2.75, 3.05) is 33.3 Å². The molecule has 3 nitrogen and oxygen atoms in total. The first-order chi connectivity index (χ1) is 6.24. The highest BCUT2D eigenvalue weighted by Crippen LogP contribution is 2.08. The van der Waals surface area contributed by atoms with Crippen molar-refractivity contribution in [1.29, 1.82) is 0 Å². The highest BCUT2D eigenvalue weighted by Gasteiger charge is 2.18. The maximum absolute atomic E-state index is 5.60. The summed E-state index contributed by atoms with van der Waals surface area (Å²) in [5.74, 6) is 0. The van der Waals surface area contributed by atoms with Gasteiger partial charge in [0, 0.05) is 32.3 Å². The number of ether oxygens (including phenoxy) is 1. The molecule has 2 atom stereocenters. The minimum atomic E-state index is 0.391. The van der Waals surface area contributed by atoms with Crippen LogP contribution in [0.25, 0.3) is 0 Å². The van der Waals surface area contributed by atoms with Crippen molar-refractivity contribution in [3.05, 3.63) is 0 Å². The third-order valence-electron chi connectivity index (χ3n) is 2.61. The topological polar surface area (TPSA) is 24.5 Å². The van der Waals surface area contributed by atoms with Crippen molar-refractivity contribution >= 4 is 0 Å². The van der Waals surface area contributed by atoms with Gasteiger partial charge in [-0.15, -0.1) is 0 Å². The van der Waals surface area contributed by atoms with Crippen LogP contribution in [0.1, 0.15) is 20.3 Å². The molecule has 1 heterocycles. The number of hydrogen-bond donors (Lipinski definition) is 1. The second-order valence-electron chi connectivity index (χ2n) is 3.94.